The average molecular weight is 320 g/mol. The number of hydrogen-bond acceptors (Lipinski definition) is 3. The van der Waals surface area contributed by atoms with E-state index >= 15 is 0 Å². The molecular formula is C17H18ClNO3. The van der Waals surface area contributed by atoms with Crippen LogP contribution in [0.2, 0.25) is 5.02 Å². The number of halogens is 1. The van der Waals surface area contributed by atoms with Gasteiger partial charge in [0, 0.05) is 23.2 Å². The fourth-order valence-corrected chi connectivity index (χ4v) is 2.33. The Morgan fingerprint density at radius 2 is 1.82 bits per heavy atom. The van der Waals surface area contributed by atoms with Crippen LogP contribution in [0.25, 0.3) is 0 Å². The number of carboxylic acid groups (broad SMARTS) is 1. The third-order valence-electron chi connectivity index (χ3n) is 3.17. The Hall–Kier alpha value is -2.07. The lowest BCUT2D eigenvalue weighted by Gasteiger charge is -2.16. The zero-order valence-electron chi connectivity index (χ0n) is 12.5. The number of aliphatic carboxylic acids is 1. The number of hydrogen-bond donors (Lipinski definition) is 1. The molecule has 22 heavy (non-hydrogen) atoms. The van der Waals surface area contributed by atoms with E-state index in [0.717, 1.165) is 11.1 Å². The van der Waals surface area contributed by atoms with Crippen LogP contribution < -0.4 is 4.74 Å². The molecule has 1 atom stereocenters. The van der Waals surface area contributed by atoms with Gasteiger partial charge in [0.2, 0.25) is 5.88 Å². The minimum atomic E-state index is -0.859. The molecule has 0 fully saturated rings. The van der Waals surface area contributed by atoms with Crippen LogP contribution in [-0.4, -0.2) is 22.2 Å². The standard InChI is InChI=1S/C17H18ClNO3/c1-11(2)22-16-8-5-13(10-19-16)15(9-17(20)21)12-3-6-14(18)7-4-12/h3-8,10-11,15H,9H2,1-2H3,(H,20,21). The summed E-state index contributed by atoms with van der Waals surface area (Å²) in [5, 5.41) is 9.79. The highest BCUT2D eigenvalue weighted by molar-refractivity contribution is 6.30. The molecule has 0 amide bonds. The molecule has 0 aliphatic rings. The predicted molar refractivity (Wildman–Crippen MR) is 85.5 cm³/mol. The molecule has 1 unspecified atom stereocenters. The van der Waals surface area contributed by atoms with Crippen LogP contribution in [0.4, 0.5) is 0 Å². The van der Waals surface area contributed by atoms with Crippen molar-refractivity contribution in [2.75, 3.05) is 0 Å². The molecule has 1 aromatic heterocycles. The van der Waals surface area contributed by atoms with E-state index in [4.69, 9.17) is 21.4 Å². The zero-order valence-corrected chi connectivity index (χ0v) is 13.2. The molecule has 0 saturated heterocycles. The van der Waals surface area contributed by atoms with E-state index in [1.807, 2.05) is 32.0 Å². The summed E-state index contributed by atoms with van der Waals surface area (Å²) in [6.07, 6.45) is 1.71. The van der Waals surface area contributed by atoms with Crippen LogP contribution >= 0.6 is 11.6 Å². The normalized spacial score (nSPS) is 12.2. The highest BCUT2D eigenvalue weighted by Gasteiger charge is 2.18. The molecule has 5 heteroatoms. The monoisotopic (exact) mass is 319 g/mol. The minimum absolute atomic E-state index is 0.00625. The van der Waals surface area contributed by atoms with Gasteiger partial charge in [0.25, 0.3) is 0 Å². The van der Waals surface area contributed by atoms with Gasteiger partial charge in [0.05, 0.1) is 12.5 Å². The molecule has 0 aliphatic carbocycles. The topological polar surface area (TPSA) is 59.4 Å². The van der Waals surface area contributed by atoms with Crippen LogP contribution in [0, 0.1) is 0 Å². The summed E-state index contributed by atoms with van der Waals surface area (Å²) in [6, 6.07) is 10.8. The molecule has 2 aromatic rings. The van der Waals surface area contributed by atoms with Crippen molar-refractivity contribution in [2.45, 2.75) is 32.3 Å². The molecular weight excluding hydrogens is 302 g/mol. The van der Waals surface area contributed by atoms with Gasteiger partial charge in [-0.25, -0.2) is 4.98 Å². The quantitative estimate of drug-likeness (QED) is 0.869. The van der Waals surface area contributed by atoms with Gasteiger partial charge in [-0.3, -0.25) is 4.79 Å². The molecule has 0 aliphatic heterocycles. The van der Waals surface area contributed by atoms with Gasteiger partial charge in [-0.2, -0.15) is 0 Å². The van der Waals surface area contributed by atoms with Crippen LogP contribution in [0.1, 0.15) is 37.3 Å². The van der Waals surface area contributed by atoms with Crippen molar-refractivity contribution in [3.8, 4) is 5.88 Å². The maximum absolute atomic E-state index is 11.2. The van der Waals surface area contributed by atoms with Crippen molar-refractivity contribution < 1.29 is 14.6 Å². The first-order valence-corrected chi connectivity index (χ1v) is 7.43. The molecule has 1 N–H and O–H groups in total. The lowest BCUT2D eigenvalue weighted by atomic mass is 9.89. The number of rotatable bonds is 6. The van der Waals surface area contributed by atoms with Crippen molar-refractivity contribution in [2.24, 2.45) is 0 Å². The molecule has 0 radical (unpaired) electrons. The fourth-order valence-electron chi connectivity index (χ4n) is 2.21. The Morgan fingerprint density at radius 1 is 1.18 bits per heavy atom. The molecule has 0 bridgehead atoms. The summed E-state index contributed by atoms with van der Waals surface area (Å²) >= 11 is 5.89. The van der Waals surface area contributed by atoms with E-state index in [9.17, 15) is 4.79 Å². The summed E-state index contributed by atoms with van der Waals surface area (Å²) in [5.74, 6) is -0.596. The van der Waals surface area contributed by atoms with E-state index in [1.54, 1.807) is 24.4 Å². The molecule has 4 nitrogen and oxygen atoms in total. The summed E-state index contributed by atoms with van der Waals surface area (Å²) in [6.45, 7) is 3.85. The number of carbonyl (C=O) groups is 1. The number of nitrogens with zero attached hydrogens (tertiary/aromatic N) is 1. The Balaban J connectivity index is 2.28. The highest BCUT2D eigenvalue weighted by atomic mass is 35.5. The molecule has 0 saturated carbocycles. The van der Waals surface area contributed by atoms with Crippen LogP contribution in [-0.2, 0) is 4.79 Å². The fraction of sp³-hybridized carbons (Fsp3) is 0.294. The third kappa shape index (κ3) is 4.46. The molecule has 116 valence electrons. The Labute approximate surface area is 134 Å². The minimum Gasteiger partial charge on any atom is -0.481 e. The second kappa shape index (κ2) is 7.27. The third-order valence-corrected chi connectivity index (χ3v) is 3.42. The first kappa shape index (κ1) is 16.3. The lowest BCUT2D eigenvalue weighted by Crippen LogP contribution is -2.10. The number of benzene rings is 1. The number of aromatic nitrogens is 1. The van der Waals surface area contributed by atoms with Crippen molar-refractivity contribution in [3.05, 3.63) is 58.7 Å². The van der Waals surface area contributed by atoms with Gasteiger partial charge in [-0.1, -0.05) is 29.8 Å². The van der Waals surface area contributed by atoms with E-state index in [-0.39, 0.29) is 18.4 Å². The second-order valence-electron chi connectivity index (χ2n) is 5.30. The van der Waals surface area contributed by atoms with Gasteiger partial charge in [-0.05, 0) is 37.1 Å². The van der Waals surface area contributed by atoms with Gasteiger partial charge in [0.1, 0.15) is 0 Å². The van der Waals surface area contributed by atoms with Crippen molar-refractivity contribution in [3.63, 3.8) is 0 Å². The predicted octanol–water partition coefficient (Wildman–Crippen LogP) is 4.13. The SMILES string of the molecule is CC(C)Oc1ccc(C(CC(=O)O)c2ccc(Cl)cc2)cn1. The highest BCUT2D eigenvalue weighted by Crippen LogP contribution is 2.29. The van der Waals surface area contributed by atoms with Crippen LogP contribution in [0.15, 0.2) is 42.6 Å². The first-order valence-electron chi connectivity index (χ1n) is 7.05. The summed E-state index contributed by atoms with van der Waals surface area (Å²) in [5.41, 5.74) is 1.73. The number of pyridine rings is 1. The summed E-state index contributed by atoms with van der Waals surface area (Å²) in [7, 11) is 0. The lowest BCUT2D eigenvalue weighted by molar-refractivity contribution is -0.137. The van der Waals surface area contributed by atoms with Crippen LogP contribution in [0.3, 0.4) is 0 Å². The number of carboxylic acids is 1. The van der Waals surface area contributed by atoms with Crippen molar-refractivity contribution in [1.82, 2.24) is 4.98 Å². The molecule has 2 rings (SSSR count). The van der Waals surface area contributed by atoms with Crippen molar-refractivity contribution >= 4 is 17.6 Å². The Morgan fingerprint density at radius 3 is 2.32 bits per heavy atom. The zero-order chi connectivity index (χ0) is 16.1. The molecule has 1 heterocycles. The van der Waals surface area contributed by atoms with Gasteiger partial charge in [0.15, 0.2) is 0 Å². The average Bonchev–Trinajstić information content (AvgIpc) is 2.46. The Kier molecular flexibility index (Phi) is 5.39. The largest absolute Gasteiger partial charge is 0.481 e. The maximum Gasteiger partial charge on any atom is 0.304 e. The van der Waals surface area contributed by atoms with E-state index < -0.39 is 5.97 Å². The van der Waals surface area contributed by atoms with E-state index in [0.29, 0.717) is 10.9 Å². The second-order valence-corrected chi connectivity index (χ2v) is 5.73. The van der Waals surface area contributed by atoms with Crippen LogP contribution in [0.5, 0.6) is 5.88 Å². The summed E-state index contributed by atoms with van der Waals surface area (Å²) in [4.78, 5) is 15.4. The van der Waals surface area contributed by atoms with Crippen molar-refractivity contribution in [1.29, 1.82) is 0 Å². The van der Waals surface area contributed by atoms with Gasteiger partial charge >= 0.3 is 5.97 Å². The van der Waals surface area contributed by atoms with E-state index in [2.05, 4.69) is 4.98 Å². The molecule has 1 aromatic carbocycles. The maximum atomic E-state index is 11.2. The first-order chi connectivity index (χ1) is 10.5. The van der Waals surface area contributed by atoms with Gasteiger partial charge in [-0.15, -0.1) is 0 Å². The van der Waals surface area contributed by atoms with E-state index in [1.165, 1.54) is 0 Å². The number of ether oxygens (including phenoxy) is 1. The Bertz CT molecular complexity index is 623. The smallest absolute Gasteiger partial charge is 0.304 e. The molecule has 0 spiro atoms. The van der Waals surface area contributed by atoms with Gasteiger partial charge < -0.3 is 9.84 Å². The summed E-state index contributed by atoms with van der Waals surface area (Å²) < 4.78 is 5.51.